The molecule has 0 unspecified atom stereocenters. The number of fused-ring (bicyclic) bond motifs is 1. The second kappa shape index (κ2) is 4.18. The van der Waals surface area contributed by atoms with Gasteiger partial charge >= 0.3 is 0 Å². The average Bonchev–Trinajstić information content (AvgIpc) is 2.77. The smallest absolute Gasteiger partial charge is 0.141 e. The van der Waals surface area contributed by atoms with Crippen LogP contribution in [0.5, 0.6) is 0 Å². The van der Waals surface area contributed by atoms with E-state index in [9.17, 15) is 0 Å². The van der Waals surface area contributed by atoms with Gasteiger partial charge in [0.05, 0.1) is 11.0 Å². The highest BCUT2D eigenvalue weighted by Gasteiger charge is 2.10. The molecule has 1 heterocycles. The molecule has 1 aromatic heterocycles. The number of rotatable bonds is 2. The molecule has 0 radical (unpaired) electrons. The molecule has 18 heavy (non-hydrogen) atoms. The van der Waals surface area contributed by atoms with Gasteiger partial charge in [-0.1, -0.05) is 30.3 Å². The first-order chi connectivity index (χ1) is 8.79. The first kappa shape index (κ1) is 10.8. The molecule has 0 spiro atoms. The van der Waals surface area contributed by atoms with Crippen LogP contribution < -0.4 is 5.73 Å². The third-order valence-corrected chi connectivity index (χ3v) is 3.12. The minimum Gasteiger partial charge on any atom is -0.399 e. The summed E-state index contributed by atoms with van der Waals surface area (Å²) in [5.41, 5.74) is 9.85. The minimum absolute atomic E-state index is 0.775. The van der Waals surface area contributed by atoms with Crippen molar-refractivity contribution in [3.8, 4) is 11.4 Å². The third-order valence-electron chi connectivity index (χ3n) is 3.12. The Morgan fingerprint density at radius 1 is 1.11 bits per heavy atom. The molecule has 2 aromatic carbocycles. The summed E-state index contributed by atoms with van der Waals surface area (Å²) in [6, 6.07) is 16.1. The van der Waals surface area contributed by atoms with Crippen LogP contribution in [0, 0.1) is 0 Å². The summed E-state index contributed by atoms with van der Waals surface area (Å²) < 4.78 is 2.20. The van der Waals surface area contributed by atoms with Crippen molar-refractivity contribution in [2.75, 3.05) is 5.73 Å². The standard InChI is InChI=1S/C15H15N3/c1-2-18-14-10-12(16)8-9-13(14)17-15(18)11-6-4-3-5-7-11/h3-10H,2,16H2,1H3. The molecule has 0 aliphatic heterocycles. The monoisotopic (exact) mass is 237 g/mol. The molecule has 0 aliphatic carbocycles. The molecule has 0 saturated heterocycles. The number of aryl methyl sites for hydroxylation is 1. The van der Waals surface area contributed by atoms with Crippen molar-refractivity contribution in [1.29, 1.82) is 0 Å². The second-order valence-corrected chi connectivity index (χ2v) is 4.29. The Balaban J connectivity index is 2.30. The number of aromatic nitrogens is 2. The highest BCUT2D eigenvalue weighted by Crippen LogP contribution is 2.25. The van der Waals surface area contributed by atoms with Crippen LogP contribution in [0.4, 0.5) is 5.69 Å². The van der Waals surface area contributed by atoms with Gasteiger partial charge in [0.1, 0.15) is 5.82 Å². The number of nitrogen functional groups attached to an aromatic ring is 1. The molecule has 90 valence electrons. The maximum Gasteiger partial charge on any atom is 0.141 e. The lowest BCUT2D eigenvalue weighted by molar-refractivity contribution is 0.796. The number of imidazole rings is 1. The van der Waals surface area contributed by atoms with Gasteiger partial charge < -0.3 is 10.3 Å². The van der Waals surface area contributed by atoms with Gasteiger partial charge in [-0.25, -0.2) is 4.98 Å². The lowest BCUT2D eigenvalue weighted by atomic mass is 10.2. The Morgan fingerprint density at radius 3 is 2.61 bits per heavy atom. The van der Waals surface area contributed by atoms with Gasteiger partial charge in [-0.15, -0.1) is 0 Å². The molecule has 2 N–H and O–H groups in total. The van der Waals surface area contributed by atoms with Crippen LogP contribution in [-0.4, -0.2) is 9.55 Å². The van der Waals surface area contributed by atoms with Crippen molar-refractivity contribution in [2.45, 2.75) is 13.5 Å². The van der Waals surface area contributed by atoms with Crippen molar-refractivity contribution in [3.05, 3.63) is 48.5 Å². The molecule has 3 rings (SSSR count). The Kier molecular flexibility index (Phi) is 2.52. The topological polar surface area (TPSA) is 43.8 Å². The molecular weight excluding hydrogens is 222 g/mol. The summed E-state index contributed by atoms with van der Waals surface area (Å²) in [5.74, 6) is 0.999. The van der Waals surface area contributed by atoms with Crippen LogP contribution in [-0.2, 0) is 6.54 Å². The van der Waals surface area contributed by atoms with Crippen molar-refractivity contribution in [1.82, 2.24) is 9.55 Å². The Bertz CT molecular complexity index is 684. The molecule has 0 aliphatic rings. The average molecular weight is 237 g/mol. The summed E-state index contributed by atoms with van der Waals surface area (Å²) >= 11 is 0. The fourth-order valence-corrected chi connectivity index (χ4v) is 2.27. The van der Waals surface area contributed by atoms with Gasteiger partial charge in [-0.2, -0.15) is 0 Å². The molecule has 0 saturated carbocycles. The molecular formula is C15H15N3. The van der Waals surface area contributed by atoms with Crippen molar-refractivity contribution < 1.29 is 0 Å². The number of nitrogens with two attached hydrogens (primary N) is 1. The summed E-state index contributed by atoms with van der Waals surface area (Å²) in [4.78, 5) is 4.70. The Labute approximate surface area is 106 Å². The second-order valence-electron chi connectivity index (χ2n) is 4.29. The maximum absolute atomic E-state index is 5.85. The van der Waals surface area contributed by atoms with Crippen LogP contribution >= 0.6 is 0 Å². The van der Waals surface area contributed by atoms with E-state index in [1.54, 1.807) is 0 Å². The van der Waals surface area contributed by atoms with Gasteiger partial charge in [0, 0.05) is 17.8 Å². The summed E-state index contributed by atoms with van der Waals surface area (Å²) in [6.07, 6.45) is 0. The molecule has 3 heteroatoms. The van der Waals surface area contributed by atoms with E-state index in [0.29, 0.717) is 0 Å². The largest absolute Gasteiger partial charge is 0.399 e. The molecule has 0 amide bonds. The third kappa shape index (κ3) is 1.64. The normalized spacial score (nSPS) is 10.9. The number of hydrogen-bond donors (Lipinski definition) is 1. The predicted octanol–water partition coefficient (Wildman–Crippen LogP) is 3.31. The Hall–Kier alpha value is -2.29. The van der Waals surface area contributed by atoms with Gasteiger partial charge in [0.15, 0.2) is 0 Å². The van der Waals surface area contributed by atoms with Crippen LogP contribution in [0.3, 0.4) is 0 Å². The Morgan fingerprint density at radius 2 is 1.89 bits per heavy atom. The number of hydrogen-bond acceptors (Lipinski definition) is 2. The minimum atomic E-state index is 0.775. The van der Waals surface area contributed by atoms with Crippen molar-refractivity contribution >= 4 is 16.7 Å². The van der Waals surface area contributed by atoms with Crippen molar-refractivity contribution in [3.63, 3.8) is 0 Å². The first-order valence-corrected chi connectivity index (χ1v) is 6.11. The quantitative estimate of drug-likeness (QED) is 0.695. The summed E-state index contributed by atoms with van der Waals surface area (Å²) in [5, 5.41) is 0. The highest BCUT2D eigenvalue weighted by molar-refractivity contribution is 5.83. The lowest BCUT2D eigenvalue weighted by Gasteiger charge is -2.05. The van der Waals surface area contributed by atoms with E-state index in [2.05, 4.69) is 23.6 Å². The fourth-order valence-electron chi connectivity index (χ4n) is 2.27. The van der Waals surface area contributed by atoms with Crippen LogP contribution in [0.2, 0.25) is 0 Å². The molecule has 0 bridgehead atoms. The van der Waals surface area contributed by atoms with E-state index in [1.165, 1.54) is 0 Å². The van der Waals surface area contributed by atoms with E-state index in [4.69, 9.17) is 10.7 Å². The van der Waals surface area contributed by atoms with Gasteiger partial charge in [0.2, 0.25) is 0 Å². The summed E-state index contributed by atoms with van der Waals surface area (Å²) in [7, 11) is 0. The van der Waals surface area contributed by atoms with E-state index in [0.717, 1.165) is 34.7 Å². The van der Waals surface area contributed by atoms with Crippen LogP contribution in [0.1, 0.15) is 6.92 Å². The zero-order valence-corrected chi connectivity index (χ0v) is 10.3. The first-order valence-electron chi connectivity index (χ1n) is 6.11. The predicted molar refractivity (Wildman–Crippen MR) is 75.3 cm³/mol. The highest BCUT2D eigenvalue weighted by atomic mass is 15.1. The zero-order valence-electron chi connectivity index (χ0n) is 10.3. The number of nitrogens with zero attached hydrogens (tertiary/aromatic N) is 2. The van der Waals surface area contributed by atoms with E-state index in [-0.39, 0.29) is 0 Å². The lowest BCUT2D eigenvalue weighted by Crippen LogP contribution is -1.97. The van der Waals surface area contributed by atoms with Crippen molar-refractivity contribution in [2.24, 2.45) is 0 Å². The van der Waals surface area contributed by atoms with Gasteiger partial charge in [-0.05, 0) is 25.1 Å². The molecule has 0 fully saturated rings. The van der Waals surface area contributed by atoms with Gasteiger partial charge in [-0.3, -0.25) is 0 Å². The zero-order chi connectivity index (χ0) is 12.5. The van der Waals surface area contributed by atoms with E-state index in [1.807, 2.05) is 36.4 Å². The number of benzene rings is 2. The number of anilines is 1. The molecule has 3 aromatic rings. The van der Waals surface area contributed by atoms with Crippen LogP contribution in [0.25, 0.3) is 22.4 Å². The van der Waals surface area contributed by atoms with Gasteiger partial charge in [0.25, 0.3) is 0 Å². The summed E-state index contributed by atoms with van der Waals surface area (Å²) in [6.45, 7) is 3.00. The SMILES string of the molecule is CCn1c(-c2ccccc2)nc2ccc(N)cc21. The molecule has 0 atom stereocenters. The maximum atomic E-state index is 5.85. The van der Waals surface area contributed by atoms with E-state index < -0.39 is 0 Å². The van der Waals surface area contributed by atoms with Crippen LogP contribution in [0.15, 0.2) is 48.5 Å². The van der Waals surface area contributed by atoms with E-state index >= 15 is 0 Å². The fraction of sp³-hybridized carbons (Fsp3) is 0.133. The molecule has 3 nitrogen and oxygen atoms in total.